The third-order valence-electron chi connectivity index (χ3n) is 6.30. The van der Waals surface area contributed by atoms with Gasteiger partial charge in [0.25, 0.3) is 5.91 Å². The van der Waals surface area contributed by atoms with Crippen LogP contribution in [-0.4, -0.2) is 30.3 Å². The molecule has 9 heteroatoms. The number of anilines is 1. The Labute approximate surface area is 233 Å². The number of hydrogen-bond donors (Lipinski definition) is 2. The highest BCUT2D eigenvalue weighted by molar-refractivity contribution is 5.98. The molecule has 0 fully saturated rings. The molecule has 0 aliphatic rings. The second kappa shape index (κ2) is 13.1. The summed E-state index contributed by atoms with van der Waals surface area (Å²) in [4.78, 5) is 34.7. The van der Waals surface area contributed by atoms with E-state index in [1.165, 1.54) is 23.2 Å². The van der Waals surface area contributed by atoms with E-state index in [4.69, 9.17) is 24.9 Å². The zero-order valence-electron chi connectivity index (χ0n) is 22.7. The van der Waals surface area contributed by atoms with E-state index in [2.05, 4.69) is 4.98 Å². The normalized spacial score (nSPS) is 12.0. The SMILES string of the molecule is COc1ccc(COc2cccc(C(OCN(C(=O)C(C)(C)ON)c3cc(=O)cc[nH]3)c3ccccc3)c2)cc1. The molecule has 4 rings (SSSR count). The first-order chi connectivity index (χ1) is 19.3. The number of aromatic amines is 1. The average Bonchev–Trinajstić information content (AvgIpc) is 2.99. The van der Waals surface area contributed by atoms with Crippen molar-refractivity contribution in [3.63, 3.8) is 0 Å². The third kappa shape index (κ3) is 7.15. The van der Waals surface area contributed by atoms with E-state index < -0.39 is 17.6 Å². The van der Waals surface area contributed by atoms with E-state index in [0.717, 1.165) is 22.4 Å². The number of methoxy groups -OCH3 is 1. The molecule has 1 amide bonds. The van der Waals surface area contributed by atoms with Gasteiger partial charge in [0.2, 0.25) is 0 Å². The number of aromatic nitrogens is 1. The predicted octanol–water partition coefficient (Wildman–Crippen LogP) is 4.73. The highest BCUT2D eigenvalue weighted by Crippen LogP contribution is 2.30. The second-order valence-corrected chi connectivity index (χ2v) is 9.57. The van der Waals surface area contributed by atoms with Gasteiger partial charge < -0.3 is 19.2 Å². The molecule has 40 heavy (non-hydrogen) atoms. The van der Waals surface area contributed by atoms with Crippen LogP contribution in [0, 0.1) is 0 Å². The molecular formula is C31H33N3O6. The van der Waals surface area contributed by atoms with Crippen LogP contribution in [0.2, 0.25) is 0 Å². The molecule has 0 saturated heterocycles. The maximum Gasteiger partial charge on any atom is 0.263 e. The summed E-state index contributed by atoms with van der Waals surface area (Å²) in [5.74, 6) is 6.62. The van der Waals surface area contributed by atoms with E-state index in [1.807, 2.05) is 78.9 Å². The van der Waals surface area contributed by atoms with Gasteiger partial charge in [-0.3, -0.25) is 19.3 Å². The summed E-state index contributed by atoms with van der Waals surface area (Å²) in [6, 6.07) is 27.6. The summed E-state index contributed by atoms with van der Waals surface area (Å²) in [6.45, 7) is 3.27. The molecule has 0 radical (unpaired) electrons. The molecule has 0 saturated carbocycles. The van der Waals surface area contributed by atoms with Crippen molar-refractivity contribution in [2.75, 3.05) is 18.7 Å². The number of carbonyl (C=O) groups excluding carboxylic acids is 1. The lowest BCUT2D eigenvalue weighted by molar-refractivity contribution is -0.142. The Kier molecular flexibility index (Phi) is 9.34. The molecule has 0 spiro atoms. The number of carbonyl (C=O) groups is 1. The average molecular weight is 544 g/mol. The first-order valence-corrected chi connectivity index (χ1v) is 12.7. The number of rotatable bonds is 12. The van der Waals surface area contributed by atoms with Gasteiger partial charge in [0.15, 0.2) is 11.0 Å². The van der Waals surface area contributed by atoms with Gasteiger partial charge in [-0.2, -0.15) is 0 Å². The predicted molar refractivity (Wildman–Crippen MR) is 152 cm³/mol. The molecule has 9 nitrogen and oxygen atoms in total. The molecule has 3 aromatic carbocycles. The van der Waals surface area contributed by atoms with Crippen molar-refractivity contribution in [2.45, 2.75) is 32.2 Å². The number of pyridine rings is 1. The van der Waals surface area contributed by atoms with Crippen LogP contribution in [0.4, 0.5) is 5.82 Å². The molecule has 1 unspecified atom stereocenters. The van der Waals surface area contributed by atoms with E-state index in [0.29, 0.717) is 12.4 Å². The van der Waals surface area contributed by atoms with E-state index >= 15 is 0 Å². The first kappa shape index (κ1) is 28.6. The molecule has 1 atom stereocenters. The Morgan fingerprint density at radius 3 is 2.33 bits per heavy atom. The standard InChI is InChI=1S/C31H33N3O6/c1-31(2,40-32)30(36)34(28-19-25(35)16-17-33-28)21-39-29(23-8-5-4-6-9-23)24-10-7-11-27(18-24)38-20-22-12-14-26(37-3)15-13-22/h4-19,29H,20-21,32H2,1-3H3,(H,33,35). The number of nitrogens with one attached hydrogen (secondary N) is 1. The Hall–Kier alpha value is -4.44. The highest BCUT2D eigenvalue weighted by Gasteiger charge is 2.35. The molecule has 1 aromatic heterocycles. The monoisotopic (exact) mass is 543 g/mol. The molecule has 4 aromatic rings. The fourth-order valence-electron chi connectivity index (χ4n) is 4.02. The number of benzene rings is 3. The summed E-state index contributed by atoms with van der Waals surface area (Å²) < 4.78 is 17.7. The minimum absolute atomic E-state index is 0.192. The van der Waals surface area contributed by atoms with Crippen molar-refractivity contribution in [1.29, 1.82) is 0 Å². The zero-order valence-corrected chi connectivity index (χ0v) is 22.7. The third-order valence-corrected chi connectivity index (χ3v) is 6.30. The van der Waals surface area contributed by atoms with Gasteiger partial charge in [0.1, 0.15) is 36.8 Å². The molecule has 3 N–H and O–H groups in total. The topological polar surface area (TPSA) is 116 Å². The molecule has 0 bridgehead atoms. The van der Waals surface area contributed by atoms with E-state index in [1.54, 1.807) is 21.0 Å². The fourth-order valence-corrected chi connectivity index (χ4v) is 4.02. The Morgan fingerprint density at radius 2 is 1.65 bits per heavy atom. The van der Waals surface area contributed by atoms with Gasteiger partial charge in [-0.1, -0.05) is 54.6 Å². The summed E-state index contributed by atoms with van der Waals surface area (Å²) >= 11 is 0. The van der Waals surface area contributed by atoms with E-state index in [9.17, 15) is 9.59 Å². The summed E-state index contributed by atoms with van der Waals surface area (Å²) in [6.07, 6.45) is 0.908. The van der Waals surface area contributed by atoms with Gasteiger partial charge in [0.05, 0.1) is 7.11 Å². The molecule has 0 aliphatic heterocycles. The van der Waals surface area contributed by atoms with Crippen molar-refractivity contribution in [3.05, 3.63) is 124 Å². The number of hydrogen-bond acceptors (Lipinski definition) is 7. The first-order valence-electron chi connectivity index (χ1n) is 12.7. The van der Waals surface area contributed by atoms with Crippen LogP contribution in [-0.2, 0) is 21.0 Å². The van der Waals surface area contributed by atoms with Gasteiger partial charge in [-0.05, 0) is 54.8 Å². The van der Waals surface area contributed by atoms with Crippen LogP contribution in [0.25, 0.3) is 0 Å². The van der Waals surface area contributed by atoms with Crippen LogP contribution in [0.5, 0.6) is 11.5 Å². The highest BCUT2D eigenvalue weighted by atomic mass is 16.6. The lowest BCUT2D eigenvalue weighted by atomic mass is 10.0. The number of nitrogens with zero attached hydrogens (tertiary/aromatic N) is 1. The van der Waals surface area contributed by atoms with Gasteiger partial charge in [-0.15, -0.1) is 0 Å². The zero-order chi connectivity index (χ0) is 28.5. The maximum absolute atomic E-state index is 13.4. The molecule has 1 heterocycles. The quantitative estimate of drug-likeness (QED) is 0.196. The van der Waals surface area contributed by atoms with E-state index in [-0.39, 0.29) is 18.0 Å². The van der Waals surface area contributed by atoms with Crippen molar-refractivity contribution >= 4 is 11.7 Å². The van der Waals surface area contributed by atoms with Crippen LogP contribution >= 0.6 is 0 Å². The molecule has 208 valence electrons. The Morgan fingerprint density at radius 1 is 0.925 bits per heavy atom. The van der Waals surface area contributed by atoms with Crippen molar-refractivity contribution < 1.29 is 23.8 Å². The maximum atomic E-state index is 13.4. The summed E-state index contributed by atoms with van der Waals surface area (Å²) in [5, 5.41) is 0. The Bertz CT molecular complexity index is 1450. The van der Waals surface area contributed by atoms with Crippen molar-refractivity contribution in [2.24, 2.45) is 5.90 Å². The lowest BCUT2D eigenvalue weighted by Crippen LogP contribution is -2.49. The molecular weight excluding hydrogens is 510 g/mol. The van der Waals surface area contributed by atoms with Crippen LogP contribution < -0.4 is 25.7 Å². The fraction of sp³-hybridized carbons (Fsp3) is 0.226. The number of nitrogens with two attached hydrogens (primary N) is 1. The van der Waals surface area contributed by atoms with Gasteiger partial charge in [0, 0.05) is 18.3 Å². The van der Waals surface area contributed by atoms with Crippen LogP contribution in [0.15, 0.2) is 102 Å². The second-order valence-electron chi connectivity index (χ2n) is 9.57. The largest absolute Gasteiger partial charge is 0.497 e. The number of amides is 1. The summed E-state index contributed by atoms with van der Waals surface area (Å²) in [5.41, 5.74) is 1.06. The Balaban J connectivity index is 1.60. The van der Waals surface area contributed by atoms with Crippen LogP contribution in [0.3, 0.4) is 0 Å². The molecule has 0 aliphatic carbocycles. The minimum Gasteiger partial charge on any atom is -0.497 e. The summed E-state index contributed by atoms with van der Waals surface area (Å²) in [7, 11) is 1.63. The lowest BCUT2D eigenvalue weighted by Gasteiger charge is -2.31. The minimum atomic E-state index is -1.37. The smallest absolute Gasteiger partial charge is 0.263 e. The number of ether oxygens (including phenoxy) is 3. The number of H-pyrrole nitrogens is 1. The van der Waals surface area contributed by atoms with Crippen molar-refractivity contribution in [1.82, 2.24) is 4.98 Å². The van der Waals surface area contributed by atoms with Crippen LogP contribution in [0.1, 0.15) is 36.6 Å². The van der Waals surface area contributed by atoms with Gasteiger partial charge >= 0.3 is 0 Å². The van der Waals surface area contributed by atoms with Crippen molar-refractivity contribution in [3.8, 4) is 11.5 Å². The van der Waals surface area contributed by atoms with Gasteiger partial charge in [-0.25, -0.2) is 5.90 Å².